The van der Waals surface area contributed by atoms with Crippen molar-refractivity contribution in [2.75, 3.05) is 19.1 Å². The molecule has 0 N–H and O–H groups in total. The van der Waals surface area contributed by atoms with Gasteiger partial charge in [0.25, 0.3) is 5.91 Å². The van der Waals surface area contributed by atoms with E-state index in [4.69, 9.17) is 14.2 Å². The molecular formula is C24H31NO4. The fourth-order valence-corrected chi connectivity index (χ4v) is 2.88. The highest BCUT2D eigenvalue weighted by Gasteiger charge is 2.27. The predicted molar refractivity (Wildman–Crippen MR) is 117 cm³/mol. The molecule has 2 rings (SSSR count). The molecule has 0 heterocycles. The molecule has 0 saturated heterocycles. The van der Waals surface area contributed by atoms with Crippen LogP contribution < -0.4 is 14.4 Å². The molecule has 0 aliphatic carbocycles. The molecule has 29 heavy (non-hydrogen) atoms. The van der Waals surface area contributed by atoms with Crippen molar-refractivity contribution in [2.45, 2.75) is 46.6 Å². The number of carbonyl (C=O) groups excluding carboxylic acids is 1. The minimum atomic E-state index is -0.470. The van der Waals surface area contributed by atoms with E-state index in [1.165, 1.54) is 0 Å². The average molecular weight is 398 g/mol. The van der Waals surface area contributed by atoms with E-state index in [2.05, 4.69) is 0 Å². The van der Waals surface area contributed by atoms with Crippen molar-refractivity contribution in [1.29, 1.82) is 0 Å². The Morgan fingerprint density at radius 3 is 2.28 bits per heavy atom. The quantitative estimate of drug-likeness (QED) is 0.560. The lowest BCUT2D eigenvalue weighted by Crippen LogP contribution is -2.35. The second-order valence-electron chi connectivity index (χ2n) is 7.71. The van der Waals surface area contributed by atoms with Crippen LogP contribution in [0.2, 0.25) is 0 Å². The summed E-state index contributed by atoms with van der Waals surface area (Å²) in [5, 5.41) is 0. The van der Waals surface area contributed by atoms with E-state index in [-0.39, 0.29) is 5.91 Å². The summed E-state index contributed by atoms with van der Waals surface area (Å²) in [7, 11) is 3.15. The lowest BCUT2D eigenvalue weighted by molar-refractivity contribution is 0.0459. The molecule has 0 bridgehead atoms. The van der Waals surface area contributed by atoms with E-state index in [0.29, 0.717) is 28.6 Å². The van der Waals surface area contributed by atoms with Crippen LogP contribution in [-0.4, -0.2) is 25.7 Å². The Bertz CT molecular complexity index is 881. The monoisotopic (exact) mass is 397 g/mol. The number of ether oxygens (including phenoxy) is 3. The number of hydrogen-bond donors (Lipinski definition) is 0. The van der Waals surface area contributed by atoms with Gasteiger partial charge in [-0.25, -0.2) is 4.90 Å². The maximum atomic E-state index is 13.6. The minimum absolute atomic E-state index is 0.176. The van der Waals surface area contributed by atoms with Gasteiger partial charge in [-0.05, 0) is 64.5 Å². The Morgan fingerprint density at radius 1 is 1.03 bits per heavy atom. The van der Waals surface area contributed by atoms with Crippen molar-refractivity contribution >= 4 is 11.6 Å². The fraction of sp³-hybridized carbons (Fsp3) is 0.375. The number of allylic oxidation sites excluding steroid dienone is 1. The van der Waals surface area contributed by atoms with Crippen molar-refractivity contribution in [3.05, 3.63) is 65.6 Å². The SMILES string of the molecule is CC/C=C(/OC(C)(C)C)N(C(=O)c1cccc(C)c1)c1ccc(OC)c(OC)c1. The zero-order chi connectivity index (χ0) is 21.6. The van der Waals surface area contributed by atoms with Crippen LogP contribution in [-0.2, 0) is 4.74 Å². The summed E-state index contributed by atoms with van der Waals surface area (Å²) in [4.78, 5) is 15.2. The molecule has 0 aliphatic rings. The Labute approximate surface area is 173 Å². The summed E-state index contributed by atoms with van der Waals surface area (Å²) in [5.74, 6) is 1.44. The maximum Gasteiger partial charge on any atom is 0.265 e. The molecule has 0 aliphatic heterocycles. The van der Waals surface area contributed by atoms with Crippen molar-refractivity contribution in [1.82, 2.24) is 0 Å². The van der Waals surface area contributed by atoms with Gasteiger partial charge in [0.1, 0.15) is 5.60 Å². The van der Waals surface area contributed by atoms with Gasteiger partial charge < -0.3 is 14.2 Å². The van der Waals surface area contributed by atoms with Gasteiger partial charge in [0, 0.05) is 11.6 Å². The molecular weight excluding hydrogens is 366 g/mol. The van der Waals surface area contributed by atoms with Gasteiger partial charge in [-0.3, -0.25) is 4.79 Å². The normalized spacial score (nSPS) is 11.8. The maximum absolute atomic E-state index is 13.6. The zero-order valence-electron chi connectivity index (χ0n) is 18.4. The molecule has 0 aromatic heterocycles. The summed E-state index contributed by atoms with van der Waals surface area (Å²) in [6, 6.07) is 12.9. The Balaban J connectivity index is 2.64. The third kappa shape index (κ3) is 5.76. The number of carbonyl (C=O) groups is 1. The lowest BCUT2D eigenvalue weighted by atomic mass is 10.1. The number of methoxy groups -OCH3 is 2. The van der Waals surface area contributed by atoms with Crippen LogP contribution in [0.1, 0.15) is 50.0 Å². The second-order valence-corrected chi connectivity index (χ2v) is 7.71. The van der Waals surface area contributed by atoms with Gasteiger partial charge in [0.15, 0.2) is 17.4 Å². The van der Waals surface area contributed by atoms with Crippen LogP contribution >= 0.6 is 0 Å². The van der Waals surface area contributed by atoms with Crippen molar-refractivity contribution in [2.24, 2.45) is 0 Å². The third-order valence-electron chi connectivity index (χ3n) is 4.10. The highest BCUT2D eigenvalue weighted by Crippen LogP contribution is 2.34. The Kier molecular flexibility index (Phi) is 7.32. The van der Waals surface area contributed by atoms with Crippen LogP contribution in [0.5, 0.6) is 11.5 Å². The highest BCUT2D eigenvalue weighted by molar-refractivity contribution is 6.08. The smallest absolute Gasteiger partial charge is 0.265 e. The van der Waals surface area contributed by atoms with Crippen LogP contribution in [0.25, 0.3) is 0 Å². The minimum Gasteiger partial charge on any atom is -0.493 e. The number of hydrogen-bond acceptors (Lipinski definition) is 4. The Morgan fingerprint density at radius 2 is 1.72 bits per heavy atom. The number of amides is 1. The van der Waals surface area contributed by atoms with E-state index in [9.17, 15) is 4.79 Å². The molecule has 0 saturated carbocycles. The van der Waals surface area contributed by atoms with Crippen LogP contribution in [0.15, 0.2) is 54.4 Å². The summed E-state index contributed by atoms with van der Waals surface area (Å²) >= 11 is 0. The van der Waals surface area contributed by atoms with Gasteiger partial charge in [-0.2, -0.15) is 0 Å². The van der Waals surface area contributed by atoms with Crippen LogP contribution in [0.3, 0.4) is 0 Å². The van der Waals surface area contributed by atoms with Crippen molar-refractivity contribution in [3.63, 3.8) is 0 Å². The molecule has 0 spiro atoms. The number of benzene rings is 2. The molecule has 0 atom stereocenters. The molecule has 0 radical (unpaired) electrons. The summed E-state index contributed by atoms with van der Waals surface area (Å²) in [6.07, 6.45) is 2.63. The first-order valence-corrected chi connectivity index (χ1v) is 9.72. The number of rotatable bonds is 7. The van der Waals surface area contributed by atoms with Gasteiger partial charge in [-0.1, -0.05) is 24.6 Å². The van der Waals surface area contributed by atoms with Crippen molar-refractivity contribution in [3.8, 4) is 11.5 Å². The van der Waals surface area contributed by atoms with Gasteiger partial charge in [0.2, 0.25) is 0 Å². The van der Waals surface area contributed by atoms with E-state index in [0.717, 1.165) is 12.0 Å². The van der Waals surface area contributed by atoms with E-state index < -0.39 is 5.60 Å². The molecule has 1 amide bonds. The largest absolute Gasteiger partial charge is 0.493 e. The molecule has 0 fully saturated rings. The summed E-state index contributed by atoms with van der Waals surface area (Å²) in [5.41, 5.74) is 1.76. The number of anilines is 1. The van der Waals surface area contributed by atoms with Crippen LogP contribution in [0.4, 0.5) is 5.69 Å². The summed E-state index contributed by atoms with van der Waals surface area (Å²) < 4.78 is 17.0. The zero-order valence-corrected chi connectivity index (χ0v) is 18.4. The second kappa shape index (κ2) is 9.50. The molecule has 2 aromatic rings. The predicted octanol–water partition coefficient (Wildman–Crippen LogP) is 5.73. The average Bonchev–Trinajstić information content (AvgIpc) is 2.66. The standard InChI is InChI=1S/C24H31NO4/c1-8-10-22(29-24(3,4)5)25(23(26)18-12-9-11-17(2)15-18)19-13-14-20(27-6)21(16-19)28-7/h9-16H,8H2,1-7H3/b22-10+. The van der Waals surface area contributed by atoms with E-state index >= 15 is 0 Å². The van der Waals surface area contributed by atoms with Crippen molar-refractivity contribution < 1.29 is 19.0 Å². The third-order valence-corrected chi connectivity index (χ3v) is 4.10. The first-order valence-electron chi connectivity index (χ1n) is 9.72. The molecule has 5 heteroatoms. The number of aryl methyl sites for hydroxylation is 1. The first-order chi connectivity index (χ1) is 13.7. The summed E-state index contributed by atoms with van der Waals surface area (Å²) in [6.45, 7) is 9.85. The van der Waals surface area contributed by atoms with E-state index in [1.807, 2.05) is 71.0 Å². The highest BCUT2D eigenvalue weighted by atomic mass is 16.5. The number of nitrogens with zero attached hydrogens (tertiary/aromatic N) is 1. The molecule has 5 nitrogen and oxygen atoms in total. The van der Waals surface area contributed by atoms with E-state index in [1.54, 1.807) is 31.3 Å². The van der Waals surface area contributed by atoms with Gasteiger partial charge in [0.05, 0.1) is 19.9 Å². The van der Waals surface area contributed by atoms with Gasteiger partial charge >= 0.3 is 0 Å². The fourth-order valence-electron chi connectivity index (χ4n) is 2.88. The van der Waals surface area contributed by atoms with Gasteiger partial charge in [-0.15, -0.1) is 0 Å². The molecule has 2 aromatic carbocycles. The molecule has 156 valence electrons. The Hall–Kier alpha value is -2.95. The molecule has 0 unspecified atom stereocenters. The van der Waals surface area contributed by atoms with Crippen LogP contribution in [0, 0.1) is 6.92 Å². The lowest BCUT2D eigenvalue weighted by Gasteiger charge is -2.31. The topological polar surface area (TPSA) is 48.0 Å². The first kappa shape index (κ1) is 22.3.